The largest absolute Gasteiger partial charge is 0.416 e. The summed E-state index contributed by atoms with van der Waals surface area (Å²) in [5.74, 6) is -0.276. The lowest BCUT2D eigenvalue weighted by Gasteiger charge is -2.09. The molecular formula is C21H17F3N4OS2. The number of hydrogen-bond donors (Lipinski definition) is 1. The van der Waals surface area contributed by atoms with Crippen LogP contribution in [0.15, 0.2) is 30.3 Å². The van der Waals surface area contributed by atoms with E-state index in [0.717, 1.165) is 48.9 Å². The van der Waals surface area contributed by atoms with Gasteiger partial charge in [0.05, 0.1) is 27.5 Å². The number of nitrogens with one attached hydrogen (secondary N) is 1. The molecule has 5 rings (SSSR count). The van der Waals surface area contributed by atoms with Crippen LogP contribution in [0.25, 0.3) is 15.9 Å². The highest BCUT2D eigenvalue weighted by atomic mass is 32.1. The van der Waals surface area contributed by atoms with Gasteiger partial charge in [-0.15, -0.1) is 22.7 Å². The van der Waals surface area contributed by atoms with Crippen LogP contribution in [0, 0.1) is 6.92 Å². The molecule has 1 N–H and O–H groups in total. The van der Waals surface area contributed by atoms with Crippen LogP contribution >= 0.6 is 22.7 Å². The average Bonchev–Trinajstić information content (AvgIpc) is 3.41. The zero-order chi connectivity index (χ0) is 21.8. The molecule has 3 heterocycles. The summed E-state index contributed by atoms with van der Waals surface area (Å²) in [4.78, 5) is 19.7. The number of carbonyl (C=O) groups is 1. The maximum atomic E-state index is 13.1. The van der Waals surface area contributed by atoms with E-state index in [9.17, 15) is 18.0 Å². The van der Waals surface area contributed by atoms with Gasteiger partial charge >= 0.3 is 6.18 Å². The molecule has 1 aromatic carbocycles. The maximum absolute atomic E-state index is 13.1. The van der Waals surface area contributed by atoms with Crippen LogP contribution in [0.2, 0.25) is 0 Å². The Morgan fingerprint density at radius 2 is 1.97 bits per heavy atom. The second-order valence-electron chi connectivity index (χ2n) is 7.42. The molecule has 0 atom stereocenters. The first-order valence-electron chi connectivity index (χ1n) is 9.76. The summed E-state index contributed by atoms with van der Waals surface area (Å²) in [5.41, 5.74) is 1.27. The van der Waals surface area contributed by atoms with Crippen molar-refractivity contribution in [3.63, 3.8) is 0 Å². The smallest absolute Gasteiger partial charge is 0.297 e. The zero-order valence-corrected chi connectivity index (χ0v) is 18.0. The van der Waals surface area contributed by atoms with Crippen molar-refractivity contribution in [3.8, 4) is 5.69 Å². The Kier molecular flexibility index (Phi) is 4.86. The molecule has 0 aliphatic heterocycles. The predicted molar refractivity (Wildman–Crippen MR) is 115 cm³/mol. The molecule has 10 heteroatoms. The highest BCUT2D eigenvalue weighted by molar-refractivity contribution is 7.20. The van der Waals surface area contributed by atoms with Gasteiger partial charge < -0.3 is 0 Å². The SMILES string of the molecule is Cc1nn(-c2cccc(C(F)(F)F)c2)c2sc(C(=O)Nc3nc4c(s3)CCCC4)cc12. The number of rotatable bonds is 3. The summed E-state index contributed by atoms with van der Waals surface area (Å²) in [6.45, 7) is 1.77. The summed E-state index contributed by atoms with van der Waals surface area (Å²) in [6.07, 6.45) is -0.241. The molecule has 3 aromatic heterocycles. The maximum Gasteiger partial charge on any atom is 0.416 e. The number of carbonyl (C=O) groups excluding carboxylic acids is 1. The fourth-order valence-corrected chi connectivity index (χ4v) is 5.84. The molecule has 0 spiro atoms. The van der Waals surface area contributed by atoms with Gasteiger partial charge in [0.1, 0.15) is 4.83 Å². The van der Waals surface area contributed by atoms with E-state index in [1.807, 2.05) is 0 Å². The lowest BCUT2D eigenvalue weighted by atomic mass is 10.0. The number of aromatic nitrogens is 3. The lowest BCUT2D eigenvalue weighted by molar-refractivity contribution is -0.137. The lowest BCUT2D eigenvalue weighted by Crippen LogP contribution is -2.10. The fourth-order valence-electron chi connectivity index (χ4n) is 3.71. The fraction of sp³-hybridized carbons (Fsp3) is 0.286. The van der Waals surface area contributed by atoms with Gasteiger partial charge in [0.15, 0.2) is 5.13 Å². The van der Waals surface area contributed by atoms with E-state index >= 15 is 0 Å². The van der Waals surface area contributed by atoms with Crippen molar-refractivity contribution in [1.82, 2.24) is 14.8 Å². The van der Waals surface area contributed by atoms with Crippen molar-refractivity contribution < 1.29 is 18.0 Å². The Labute approximate surface area is 183 Å². The standard InChI is InChI=1S/C21H17F3N4OS2/c1-11-14-10-17(18(29)26-20-25-15-7-2-3-8-16(15)31-20)30-19(14)28(27-11)13-6-4-5-12(9-13)21(22,23)24/h4-6,9-10H,2-3,7-8H2,1H3,(H,25,26,29). The number of aryl methyl sites for hydroxylation is 3. The van der Waals surface area contributed by atoms with E-state index < -0.39 is 11.7 Å². The number of hydrogen-bond acceptors (Lipinski definition) is 5. The molecule has 31 heavy (non-hydrogen) atoms. The van der Waals surface area contributed by atoms with Gasteiger partial charge in [0.2, 0.25) is 0 Å². The van der Waals surface area contributed by atoms with Crippen LogP contribution < -0.4 is 5.32 Å². The third-order valence-electron chi connectivity index (χ3n) is 5.25. The first-order chi connectivity index (χ1) is 14.8. The molecule has 0 radical (unpaired) electrons. The van der Waals surface area contributed by atoms with E-state index in [0.29, 0.717) is 26.2 Å². The minimum absolute atomic E-state index is 0.276. The number of thiazole rings is 1. The van der Waals surface area contributed by atoms with Crippen molar-refractivity contribution in [2.45, 2.75) is 38.8 Å². The van der Waals surface area contributed by atoms with E-state index in [-0.39, 0.29) is 5.91 Å². The highest BCUT2D eigenvalue weighted by Gasteiger charge is 2.31. The Balaban J connectivity index is 1.47. The molecule has 1 aliphatic carbocycles. The van der Waals surface area contributed by atoms with Crippen LogP contribution in [0.1, 0.15) is 44.3 Å². The van der Waals surface area contributed by atoms with Gasteiger partial charge in [-0.25, -0.2) is 9.67 Å². The number of halogens is 3. The van der Waals surface area contributed by atoms with Crippen LogP contribution in [0.5, 0.6) is 0 Å². The monoisotopic (exact) mass is 462 g/mol. The quantitative estimate of drug-likeness (QED) is 0.406. The molecule has 160 valence electrons. The van der Waals surface area contributed by atoms with Gasteiger partial charge in [-0.1, -0.05) is 6.07 Å². The van der Waals surface area contributed by atoms with Gasteiger partial charge in [0.25, 0.3) is 5.91 Å². The van der Waals surface area contributed by atoms with Gasteiger partial charge in [-0.05, 0) is 56.9 Å². The van der Waals surface area contributed by atoms with Crippen LogP contribution in [-0.2, 0) is 19.0 Å². The molecule has 0 saturated heterocycles. The van der Waals surface area contributed by atoms with Crippen molar-refractivity contribution in [1.29, 1.82) is 0 Å². The Hall–Kier alpha value is -2.72. The number of amides is 1. The van der Waals surface area contributed by atoms with Crippen LogP contribution in [0.4, 0.5) is 18.3 Å². The average molecular weight is 463 g/mol. The molecular weight excluding hydrogens is 445 g/mol. The summed E-state index contributed by atoms with van der Waals surface area (Å²) >= 11 is 2.71. The summed E-state index contributed by atoms with van der Waals surface area (Å²) in [7, 11) is 0. The molecule has 0 fully saturated rings. The van der Waals surface area contributed by atoms with Crippen LogP contribution in [-0.4, -0.2) is 20.7 Å². The van der Waals surface area contributed by atoms with E-state index in [1.165, 1.54) is 38.3 Å². The first kappa shape index (κ1) is 20.2. The van der Waals surface area contributed by atoms with Gasteiger partial charge in [0, 0.05) is 10.3 Å². The normalized spacial score (nSPS) is 14.1. The van der Waals surface area contributed by atoms with Gasteiger partial charge in [-0.2, -0.15) is 18.3 Å². The molecule has 1 aliphatic rings. The second kappa shape index (κ2) is 7.45. The van der Waals surface area contributed by atoms with Crippen molar-refractivity contribution in [3.05, 3.63) is 57.0 Å². The topological polar surface area (TPSA) is 59.8 Å². The summed E-state index contributed by atoms with van der Waals surface area (Å²) in [6, 6.07) is 6.74. The van der Waals surface area contributed by atoms with Crippen molar-refractivity contribution in [2.75, 3.05) is 5.32 Å². The Bertz CT molecular complexity index is 1280. The number of alkyl halides is 3. The molecule has 0 bridgehead atoms. The third kappa shape index (κ3) is 3.74. The van der Waals surface area contributed by atoms with E-state index in [2.05, 4.69) is 15.4 Å². The summed E-state index contributed by atoms with van der Waals surface area (Å²) < 4.78 is 40.8. The number of thiophene rings is 1. The minimum atomic E-state index is -4.44. The first-order valence-corrected chi connectivity index (χ1v) is 11.4. The second-order valence-corrected chi connectivity index (χ2v) is 9.54. The van der Waals surface area contributed by atoms with Crippen molar-refractivity contribution >= 4 is 43.9 Å². The molecule has 5 nitrogen and oxygen atoms in total. The molecule has 0 unspecified atom stereocenters. The predicted octanol–water partition coefficient (Wildman–Crippen LogP) is 6.00. The number of anilines is 1. The third-order valence-corrected chi connectivity index (χ3v) is 7.43. The minimum Gasteiger partial charge on any atom is -0.297 e. The zero-order valence-electron chi connectivity index (χ0n) is 16.4. The Morgan fingerprint density at radius 3 is 2.74 bits per heavy atom. The molecule has 0 saturated carbocycles. The number of nitrogens with zero attached hydrogens (tertiary/aromatic N) is 3. The van der Waals surface area contributed by atoms with Crippen molar-refractivity contribution in [2.24, 2.45) is 0 Å². The summed E-state index contributed by atoms with van der Waals surface area (Å²) in [5, 5.41) is 8.59. The highest BCUT2D eigenvalue weighted by Crippen LogP contribution is 2.35. The molecule has 4 aromatic rings. The van der Waals surface area contributed by atoms with Crippen LogP contribution in [0.3, 0.4) is 0 Å². The number of benzene rings is 1. The number of fused-ring (bicyclic) bond motifs is 2. The van der Waals surface area contributed by atoms with E-state index in [1.54, 1.807) is 19.1 Å². The molecule has 1 amide bonds. The van der Waals surface area contributed by atoms with E-state index in [4.69, 9.17) is 0 Å². The Morgan fingerprint density at radius 1 is 1.16 bits per heavy atom. The van der Waals surface area contributed by atoms with Gasteiger partial charge in [-0.3, -0.25) is 10.1 Å².